The van der Waals surface area contributed by atoms with Gasteiger partial charge in [-0.25, -0.2) is 0 Å². The summed E-state index contributed by atoms with van der Waals surface area (Å²) in [5.74, 6) is 0.229. The average molecular weight is 347 g/mol. The summed E-state index contributed by atoms with van der Waals surface area (Å²) in [7, 11) is 0. The third kappa shape index (κ3) is 2.98. The van der Waals surface area contributed by atoms with Crippen molar-refractivity contribution in [3.63, 3.8) is 0 Å². The maximum atomic E-state index is 9.66. The molecule has 0 aromatic heterocycles. The molecule has 0 saturated carbocycles. The van der Waals surface area contributed by atoms with Crippen LogP contribution in [0.25, 0.3) is 11.1 Å². The highest BCUT2D eigenvalue weighted by Crippen LogP contribution is 2.46. The Labute approximate surface area is 136 Å². The van der Waals surface area contributed by atoms with E-state index in [4.69, 9.17) is 23.2 Å². The van der Waals surface area contributed by atoms with E-state index in [0.717, 1.165) is 20.9 Å². The minimum atomic E-state index is 0.115. The van der Waals surface area contributed by atoms with E-state index >= 15 is 0 Å². The molecule has 0 unspecified atom stereocenters. The number of rotatable bonds is 3. The second-order valence-electron chi connectivity index (χ2n) is 4.01. The van der Waals surface area contributed by atoms with Crippen molar-refractivity contribution >= 4 is 46.7 Å². The van der Waals surface area contributed by atoms with Crippen molar-refractivity contribution in [2.45, 2.75) is 9.79 Å². The van der Waals surface area contributed by atoms with Gasteiger partial charge >= 0.3 is 0 Å². The molecular formula is C14H12Cl2O2S2. The van der Waals surface area contributed by atoms with Gasteiger partial charge in [0.1, 0.15) is 11.5 Å². The minimum absolute atomic E-state index is 0.115. The first-order valence-electron chi connectivity index (χ1n) is 5.61. The predicted molar refractivity (Wildman–Crippen MR) is 88.8 cm³/mol. The van der Waals surface area contributed by atoms with Crippen LogP contribution >= 0.6 is 46.7 Å². The number of phenolic OH excluding ortho intramolecular Hbond substituents is 2. The summed E-state index contributed by atoms with van der Waals surface area (Å²) in [6.45, 7) is 0. The van der Waals surface area contributed by atoms with E-state index in [1.807, 2.05) is 12.5 Å². The van der Waals surface area contributed by atoms with Gasteiger partial charge in [0.05, 0.1) is 10.0 Å². The van der Waals surface area contributed by atoms with Crippen molar-refractivity contribution in [1.82, 2.24) is 0 Å². The van der Waals surface area contributed by atoms with Crippen LogP contribution in [-0.2, 0) is 0 Å². The first kappa shape index (κ1) is 15.7. The molecule has 2 aromatic rings. The Morgan fingerprint density at radius 2 is 1.10 bits per heavy atom. The Kier molecular flexibility index (Phi) is 5.02. The highest BCUT2D eigenvalue weighted by atomic mass is 35.5. The molecule has 6 heteroatoms. The van der Waals surface area contributed by atoms with E-state index in [0.29, 0.717) is 10.0 Å². The van der Waals surface area contributed by atoms with Gasteiger partial charge in [-0.15, -0.1) is 23.5 Å². The summed E-state index contributed by atoms with van der Waals surface area (Å²) in [5.41, 5.74) is 1.54. The smallest absolute Gasteiger partial charge is 0.118 e. The van der Waals surface area contributed by atoms with Gasteiger partial charge in [-0.2, -0.15) is 0 Å². The molecule has 0 aliphatic carbocycles. The van der Waals surface area contributed by atoms with Crippen molar-refractivity contribution in [2.75, 3.05) is 12.5 Å². The van der Waals surface area contributed by atoms with Crippen LogP contribution < -0.4 is 0 Å². The molecule has 0 aliphatic rings. The maximum Gasteiger partial charge on any atom is 0.118 e. The topological polar surface area (TPSA) is 40.5 Å². The van der Waals surface area contributed by atoms with Gasteiger partial charge in [-0.05, 0) is 36.8 Å². The lowest BCUT2D eigenvalue weighted by molar-refractivity contribution is 0.473. The number of halogens is 2. The van der Waals surface area contributed by atoms with Crippen LogP contribution in [0.1, 0.15) is 0 Å². The molecular weight excluding hydrogens is 335 g/mol. The van der Waals surface area contributed by atoms with Gasteiger partial charge in [0.2, 0.25) is 0 Å². The molecule has 0 saturated heterocycles. The van der Waals surface area contributed by atoms with Crippen LogP contribution in [0.2, 0.25) is 10.0 Å². The molecule has 0 aliphatic heterocycles. The van der Waals surface area contributed by atoms with E-state index in [-0.39, 0.29) is 11.5 Å². The molecule has 0 fully saturated rings. The molecule has 20 heavy (non-hydrogen) atoms. The standard InChI is InChI=1S/C14H12Cl2O2S2/c1-19-11-5-7(17)3-9(15)13(11)14-10(16)4-8(18)6-12(14)20-2/h3-6,17-18H,1-2H3. The average Bonchev–Trinajstić information content (AvgIpc) is 2.38. The summed E-state index contributed by atoms with van der Waals surface area (Å²) < 4.78 is 0. The zero-order chi connectivity index (χ0) is 14.9. The van der Waals surface area contributed by atoms with Crippen LogP contribution in [0.5, 0.6) is 11.5 Å². The first-order chi connectivity index (χ1) is 9.47. The lowest BCUT2D eigenvalue weighted by Gasteiger charge is -2.16. The zero-order valence-corrected chi connectivity index (χ0v) is 13.9. The number of hydrogen-bond acceptors (Lipinski definition) is 4. The van der Waals surface area contributed by atoms with Gasteiger partial charge in [0, 0.05) is 20.9 Å². The van der Waals surface area contributed by atoms with Crippen molar-refractivity contribution in [3.05, 3.63) is 34.3 Å². The van der Waals surface area contributed by atoms with E-state index < -0.39 is 0 Å². The third-order valence-electron chi connectivity index (χ3n) is 2.77. The number of hydrogen-bond donors (Lipinski definition) is 2. The fourth-order valence-electron chi connectivity index (χ4n) is 1.94. The largest absolute Gasteiger partial charge is 0.508 e. The first-order valence-corrected chi connectivity index (χ1v) is 8.81. The maximum absolute atomic E-state index is 9.66. The summed E-state index contributed by atoms with van der Waals surface area (Å²) >= 11 is 15.5. The van der Waals surface area contributed by atoms with Crippen LogP contribution in [-0.4, -0.2) is 22.7 Å². The van der Waals surface area contributed by atoms with E-state index in [9.17, 15) is 10.2 Å². The second-order valence-corrected chi connectivity index (χ2v) is 6.52. The molecule has 2 aromatic carbocycles. The Morgan fingerprint density at radius 1 is 0.750 bits per heavy atom. The van der Waals surface area contributed by atoms with Crippen molar-refractivity contribution < 1.29 is 10.2 Å². The number of benzene rings is 2. The Morgan fingerprint density at radius 3 is 1.40 bits per heavy atom. The highest BCUT2D eigenvalue weighted by Gasteiger charge is 2.18. The Bertz CT molecular complexity index is 603. The van der Waals surface area contributed by atoms with Crippen molar-refractivity contribution in [3.8, 4) is 22.6 Å². The number of thioether (sulfide) groups is 2. The third-order valence-corrected chi connectivity index (χ3v) is 4.89. The zero-order valence-electron chi connectivity index (χ0n) is 10.8. The lowest BCUT2D eigenvalue weighted by Crippen LogP contribution is -1.89. The fourth-order valence-corrected chi connectivity index (χ4v) is 3.98. The highest BCUT2D eigenvalue weighted by molar-refractivity contribution is 7.99. The summed E-state index contributed by atoms with van der Waals surface area (Å²) in [5, 5.41) is 20.2. The van der Waals surface area contributed by atoms with Crippen LogP contribution in [0.15, 0.2) is 34.1 Å². The molecule has 106 valence electrons. The predicted octanol–water partition coefficient (Wildman–Crippen LogP) is 5.52. The van der Waals surface area contributed by atoms with Gasteiger partial charge in [0.25, 0.3) is 0 Å². The molecule has 0 spiro atoms. The molecule has 0 heterocycles. The summed E-state index contributed by atoms with van der Waals surface area (Å²) in [4.78, 5) is 1.66. The molecule has 2 N–H and O–H groups in total. The van der Waals surface area contributed by atoms with Crippen molar-refractivity contribution in [1.29, 1.82) is 0 Å². The second kappa shape index (κ2) is 6.39. The van der Waals surface area contributed by atoms with E-state index in [1.165, 1.54) is 35.7 Å². The fraction of sp³-hybridized carbons (Fsp3) is 0.143. The van der Waals surface area contributed by atoms with Gasteiger partial charge in [-0.3, -0.25) is 0 Å². The molecule has 0 atom stereocenters. The Hall–Kier alpha value is -0.680. The molecule has 2 rings (SSSR count). The van der Waals surface area contributed by atoms with E-state index in [1.54, 1.807) is 12.1 Å². The minimum Gasteiger partial charge on any atom is -0.508 e. The molecule has 0 radical (unpaired) electrons. The molecule has 0 amide bonds. The monoisotopic (exact) mass is 346 g/mol. The van der Waals surface area contributed by atoms with Crippen LogP contribution in [0, 0.1) is 0 Å². The van der Waals surface area contributed by atoms with Crippen molar-refractivity contribution in [2.24, 2.45) is 0 Å². The van der Waals surface area contributed by atoms with E-state index in [2.05, 4.69) is 0 Å². The normalized spacial score (nSPS) is 10.8. The van der Waals surface area contributed by atoms with Gasteiger partial charge in [-0.1, -0.05) is 23.2 Å². The number of aromatic hydroxyl groups is 2. The molecule has 0 bridgehead atoms. The van der Waals surface area contributed by atoms with Gasteiger partial charge < -0.3 is 10.2 Å². The van der Waals surface area contributed by atoms with Gasteiger partial charge in [0.15, 0.2) is 0 Å². The summed E-state index contributed by atoms with van der Waals surface area (Å²) in [6, 6.07) is 6.28. The van der Waals surface area contributed by atoms with Crippen LogP contribution in [0.4, 0.5) is 0 Å². The quantitative estimate of drug-likeness (QED) is 0.718. The lowest BCUT2D eigenvalue weighted by atomic mass is 10.0. The SMILES string of the molecule is CSc1cc(O)cc(Cl)c1-c1c(Cl)cc(O)cc1SC. The summed E-state index contributed by atoms with van der Waals surface area (Å²) in [6.07, 6.45) is 3.81. The van der Waals surface area contributed by atoms with Crippen LogP contribution in [0.3, 0.4) is 0 Å². The molecule has 2 nitrogen and oxygen atoms in total. The Balaban J connectivity index is 2.81. The number of phenols is 2.